The molecule has 0 aliphatic carbocycles. The van der Waals surface area contributed by atoms with Gasteiger partial charge in [-0.15, -0.1) is 0 Å². The normalized spacial score (nSPS) is 11.0. The molecule has 0 aromatic heterocycles. The maximum absolute atomic E-state index is 12.2. The zero-order valence-corrected chi connectivity index (χ0v) is 16.1. The van der Waals surface area contributed by atoms with Crippen molar-refractivity contribution >= 4 is 33.5 Å². The molecule has 0 bridgehead atoms. The van der Waals surface area contributed by atoms with Crippen LogP contribution in [0.1, 0.15) is 22.3 Å². The molecule has 1 amide bonds. The summed E-state index contributed by atoms with van der Waals surface area (Å²) in [6, 6.07) is 12.7. The van der Waals surface area contributed by atoms with Crippen molar-refractivity contribution in [2.75, 3.05) is 13.7 Å². The number of sulfonamides is 1. The molecule has 0 radical (unpaired) electrons. The van der Waals surface area contributed by atoms with Crippen molar-refractivity contribution in [3.05, 3.63) is 64.7 Å². The fraction of sp³-hybridized carbons (Fsp3) is 0.222. The highest BCUT2D eigenvalue weighted by Crippen LogP contribution is 2.19. The summed E-state index contributed by atoms with van der Waals surface area (Å²) in [6.07, 6.45) is -0.0239. The Hall–Kier alpha value is -2.42. The lowest BCUT2D eigenvalue weighted by molar-refractivity contribution is -0.121. The van der Waals surface area contributed by atoms with E-state index in [2.05, 4.69) is 14.8 Å². The van der Waals surface area contributed by atoms with Crippen molar-refractivity contribution in [1.82, 2.24) is 10.0 Å². The Morgan fingerprint density at radius 3 is 2.37 bits per heavy atom. The van der Waals surface area contributed by atoms with Crippen LogP contribution in [0.4, 0.5) is 0 Å². The molecule has 2 N–H and O–H groups in total. The number of hydrogen-bond donors (Lipinski definition) is 2. The van der Waals surface area contributed by atoms with E-state index in [1.165, 1.54) is 19.2 Å². The SMILES string of the molecule is COC(=O)c1ccc(CNC(=O)CCNS(=O)(=O)c2ccccc2Cl)cc1. The largest absolute Gasteiger partial charge is 0.465 e. The van der Waals surface area contributed by atoms with Crippen LogP contribution in [0.3, 0.4) is 0 Å². The van der Waals surface area contributed by atoms with Gasteiger partial charge in [-0.3, -0.25) is 4.79 Å². The standard InChI is InChI=1S/C18H19ClN2O5S/c1-26-18(23)14-8-6-13(7-9-14)12-20-17(22)10-11-21-27(24,25)16-5-3-2-4-15(16)19/h2-9,21H,10-12H2,1H3,(H,20,22). The van der Waals surface area contributed by atoms with E-state index in [9.17, 15) is 18.0 Å². The average molecular weight is 411 g/mol. The Bertz CT molecular complexity index is 914. The van der Waals surface area contributed by atoms with Gasteiger partial charge in [-0.1, -0.05) is 35.9 Å². The monoisotopic (exact) mass is 410 g/mol. The summed E-state index contributed by atoms with van der Waals surface area (Å²) < 4.78 is 31.3. The van der Waals surface area contributed by atoms with Gasteiger partial charge in [-0.2, -0.15) is 0 Å². The van der Waals surface area contributed by atoms with Gasteiger partial charge in [0, 0.05) is 19.5 Å². The second-order valence-corrected chi connectivity index (χ2v) is 7.69. The minimum absolute atomic E-state index is 0.0239. The molecule has 0 spiro atoms. The van der Waals surface area contributed by atoms with Gasteiger partial charge in [-0.05, 0) is 29.8 Å². The van der Waals surface area contributed by atoms with Crippen LogP contribution in [-0.2, 0) is 26.1 Å². The first-order valence-electron chi connectivity index (χ1n) is 8.01. The molecule has 9 heteroatoms. The van der Waals surface area contributed by atoms with E-state index in [4.69, 9.17) is 11.6 Å². The van der Waals surface area contributed by atoms with Crippen molar-refractivity contribution in [1.29, 1.82) is 0 Å². The minimum atomic E-state index is -3.77. The van der Waals surface area contributed by atoms with Gasteiger partial charge in [0.2, 0.25) is 15.9 Å². The maximum Gasteiger partial charge on any atom is 0.337 e. The molecule has 2 rings (SSSR count). The van der Waals surface area contributed by atoms with Gasteiger partial charge in [-0.25, -0.2) is 17.9 Å². The van der Waals surface area contributed by atoms with Gasteiger partial charge in [0.15, 0.2) is 0 Å². The number of halogens is 1. The lowest BCUT2D eigenvalue weighted by Crippen LogP contribution is -2.30. The number of methoxy groups -OCH3 is 1. The number of nitrogens with one attached hydrogen (secondary N) is 2. The van der Waals surface area contributed by atoms with Crippen LogP contribution in [0.2, 0.25) is 5.02 Å². The molecular formula is C18H19ClN2O5S. The highest BCUT2D eigenvalue weighted by atomic mass is 35.5. The van der Waals surface area contributed by atoms with Crippen LogP contribution in [0.25, 0.3) is 0 Å². The molecule has 0 heterocycles. The molecule has 7 nitrogen and oxygen atoms in total. The number of rotatable bonds is 8. The number of amides is 1. The van der Waals surface area contributed by atoms with Crippen molar-refractivity contribution in [2.45, 2.75) is 17.9 Å². The van der Waals surface area contributed by atoms with E-state index in [0.717, 1.165) is 5.56 Å². The third-order valence-corrected chi connectivity index (χ3v) is 5.60. The second kappa shape index (κ2) is 9.50. The van der Waals surface area contributed by atoms with Gasteiger partial charge in [0.25, 0.3) is 0 Å². The van der Waals surface area contributed by atoms with Crippen molar-refractivity contribution in [2.24, 2.45) is 0 Å². The van der Waals surface area contributed by atoms with E-state index in [-0.39, 0.29) is 35.3 Å². The lowest BCUT2D eigenvalue weighted by Gasteiger charge is -2.09. The first-order chi connectivity index (χ1) is 12.8. The van der Waals surface area contributed by atoms with E-state index >= 15 is 0 Å². The van der Waals surface area contributed by atoms with Crippen LogP contribution in [0.5, 0.6) is 0 Å². The Morgan fingerprint density at radius 2 is 1.74 bits per heavy atom. The molecular weight excluding hydrogens is 392 g/mol. The molecule has 0 aliphatic heterocycles. The van der Waals surface area contributed by atoms with Crippen molar-refractivity contribution < 1.29 is 22.7 Å². The maximum atomic E-state index is 12.2. The summed E-state index contributed by atoms with van der Waals surface area (Å²) in [4.78, 5) is 23.2. The molecule has 2 aromatic rings. The smallest absolute Gasteiger partial charge is 0.337 e. The van der Waals surface area contributed by atoms with Crippen molar-refractivity contribution in [3.63, 3.8) is 0 Å². The Labute approximate surface area is 162 Å². The molecule has 0 fully saturated rings. The van der Waals surface area contributed by atoms with Crippen LogP contribution in [-0.4, -0.2) is 33.9 Å². The Morgan fingerprint density at radius 1 is 1.07 bits per heavy atom. The molecule has 144 valence electrons. The van der Waals surface area contributed by atoms with Crippen LogP contribution in [0.15, 0.2) is 53.4 Å². The fourth-order valence-corrected chi connectivity index (χ4v) is 3.75. The van der Waals surface area contributed by atoms with Gasteiger partial charge < -0.3 is 10.1 Å². The molecule has 0 saturated heterocycles. The highest BCUT2D eigenvalue weighted by Gasteiger charge is 2.17. The number of carbonyl (C=O) groups is 2. The molecule has 0 unspecified atom stereocenters. The molecule has 0 saturated carbocycles. The third-order valence-electron chi connectivity index (χ3n) is 3.64. The van der Waals surface area contributed by atoms with Gasteiger partial charge in [0.1, 0.15) is 4.90 Å². The molecule has 0 atom stereocenters. The minimum Gasteiger partial charge on any atom is -0.465 e. The number of hydrogen-bond acceptors (Lipinski definition) is 5. The van der Waals surface area contributed by atoms with E-state index in [0.29, 0.717) is 5.56 Å². The molecule has 0 aliphatic rings. The number of ether oxygens (including phenoxy) is 1. The summed E-state index contributed by atoms with van der Waals surface area (Å²) in [5.41, 5.74) is 1.22. The van der Waals surface area contributed by atoms with Crippen LogP contribution < -0.4 is 10.0 Å². The third kappa shape index (κ3) is 6.06. The van der Waals surface area contributed by atoms with Crippen LogP contribution >= 0.6 is 11.6 Å². The fourth-order valence-electron chi connectivity index (χ4n) is 2.20. The molecule has 2 aromatic carbocycles. The first-order valence-corrected chi connectivity index (χ1v) is 9.88. The second-order valence-electron chi connectivity index (χ2n) is 5.54. The topological polar surface area (TPSA) is 102 Å². The zero-order valence-electron chi connectivity index (χ0n) is 14.6. The highest BCUT2D eigenvalue weighted by molar-refractivity contribution is 7.89. The summed E-state index contributed by atoms with van der Waals surface area (Å²) in [5.74, 6) is -0.745. The predicted molar refractivity (Wildman–Crippen MR) is 101 cm³/mol. The van der Waals surface area contributed by atoms with E-state index in [1.54, 1.807) is 36.4 Å². The zero-order chi connectivity index (χ0) is 19.9. The van der Waals surface area contributed by atoms with Gasteiger partial charge in [0.05, 0.1) is 17.7 Å². The number of carbonyl (C=O) groups excluding carboxylic acids is 2. The number of esters is 1. The summed E-state index contributed by atoms with van der Waals surface area (Å²) >= 11 is 5.88. The van der Waals surface area contributed by atoms with Gasteiger partial charge >= 0.3 is 5.97 Å². The van der Waals surface area contributed by atoms with Crippen molar-refractivity contribution in [3.8, 4) is 0 Å². The summed E-state index contributed by atoms with van der Waals surface area (Å²) in [7, 11) is -2.47. The predicted octanol–water partition coefficient (Wildman–Crippen LogP) is 2.11. The average Bonchev–Trinajstić information content (AvgIpc) is 2.66. The van der Waals surface area contributed by atoms with E-state index < -0.39 is 16.0 Å². The Balaban J connectivity index is 1.79. The van der Waals surface area contributed by atoms with E-state index in [1.807, 2.05) is 0 Å². The molecule has 27 heavy (non-hydrogen) atoms. The lowest BCUT2D eigenvalue weighted by atomic mass is 10.1. The first kappa shape index (κ1) is 20.9. The quantitative estimate of drug-likeness (QED) is 0.649. The summed E-state index contributed by atoms with van der Waals surface area (Å²) in [5, 5.41) is 2.80. The number of benzene rings is 2. The summed E-state index contributed by atoms with van der Waals surface area (Å²) in [6.45, 7) is 0.207. The Kier molecular flexibility index (Phi) is 7.35. The van der Waals surface area contributed by atoms with Crippen LogP contribution in [0, 0.1) is 0 Å².